The number of hydrogen-bond acceptors (Lipinski definition) is 3. The third kappa shape index (κ3) is 3.50. The van der Waals surface area contributed by atoms with Gasteiger partial charge in [-0.25, -0.2) is 0 Å². The van der Waals surface area contributed by atoms with Crippen LogP contribution in [0.4, 0.5) is 0 Å². The Morgan fingerprint density at radius 3 is 2.41 bits per heavy atom. The normalized spacial score (nSPS) is 27.3. The third-order valence-corrected chi connectivity index (χ3v) is 5.13. The molecule has 0 aliphatic carbocycles. The Morgan fingerprint density at radius 1 is 1.09 bits per heavy atom. The zero-order valence-corrected chi connectivity index (χ0v) is 13.7. The van der Waals surface area contributed by atoms with Gasteiger partial charge in [0.25, 0.3) is 0 Å². The third-order valence-electron chi connectivity index (χ3n) is 5.13. The van der Waals surface area contributed by atoms with E-state index in [9.17, 15) is 4.79 Å². The van der Waals surface area contributed by atoms with E-state index in [0.29, 0.717) is 12.0 Å². The molecule has 3 rings (SSSR count). The molecule has 1 amide bonds. The second-order valence-corrected chi connectivity index (χ2v) is 6.77. The minimum atomic E-state index is 0.213. The monoisotopic (exact) mass is 301 g/mol. The molecule has 2 heterocycles. The van der Waals surface area contributed by atoms with E-state index >= 15 is 0 Å². The number of benzene rings is 1. The summed E-state index contributed by atoms with van der Waals surface area (Å²) in [6.07, 6.45) is 0. The Morgan fingerprint density at radius 2 is 1.77 bits per heavy atom. The summed E-state index contributed by atoms with van der Waals surface area (Å²) in [4.78, 5) is 18.6. The summed E-state index contributed by atoms with van der Waals surface area (Å²) >= 11 is 0. The lowest BCUT2D eigenvalue weighted by Gasteiger charge is -2.39. The molecule has 2 aliphatic rings. The lowest BCUT2D eigenvalue weighted by atomic mass is 10.0. The van der Waals surface area contributed by atoms with E-state index in [0.717, 1.165) is 39.3 Å². The van der Waals surface area contributed by atoms with Gasteiger partial charge in [0.2, 0.25) is 5.91 Å². The molecule has 0 aromatic heterocycles. The molecule has 4 heteroatoms. The molecule has 120 valence electrons. The Kier molecular flexibility index (Phi) is 4.79. The maximum absolute atomic E-state index is 11.4. The maximum Gasteiger partial charge on any atom is 0.219 e. The van der Waals surface area contributed by atoms with Crippen LogP contribution in [0.25, 0.3) is 0 Å². The van der Waals surface area contributed by atoms with Crippen molar-refractivity contribution in [3.8, 4) is 0 Å². The average molecular weight is 301 g/mol. The average Bonchev–Trinajstić information content (AvgIpc) is 2.89. The van der Waals surface area contributed by atoms with Crippen molar-refractivity contribution in [2.75, 3.05) is 39.3 Å². The van der Waals surface area contributed by atoms with Crippen molar-refractivity contribution in [2.24, 2.45) is 5.92 Å². The Bertz CT molecular complexity index is 496. The fourth-order valence-electron chi connectivity index (χ4n) is 3.86. The molecule has 2 saturated heterocycles. The summed E-state index contributed by atoms with van der Waals surface area (Å²) in [5.74, 6) is 0.914. The van der Waals surface area contributed by atoms with Gasteiger partial charge in [0, 0.05) is 58.8 Å². The zero-order valence-electron chi connectivity index (χ0n) is 13.7. The number of piperazine rings is 1. The molecular formula is C18H27N3O. The summed E-state index contributed by atoms with van der Waals surface area (Å²) in [6.45, 7) is 11.2. The van der Waals surface area contributed by atoms with Crippen LogP contribution in [-0.2, 0) is 11.3 Å². The van der Waals surface area contributed by atoms with Gasteiger partial charge in [0.05, 0.1) is 0 Å². The van der Waals surface area contributed by atoms with Crippen molar-refractivity contribution in [3.63, 3.8) is 0 Å². The van der Waals surface area contributed by atoms with E-state index in [4.69, 9.17) is 0 Å². The number of hydrogen-bond donors (Lipinski definition) is 0. The Hall–Kier alpha value is -1.39. The van der Waals surface area contributed by atoms with Crippen molar-refractivity contribution >= 4 is 5.91 Å². The van der Waals surface area contributed by atoms with Gasteiger partial charge in [-0.15, -0.1) is 0 Å². The first-order valence-corrected chi connectivity index (χ1v) is 8.39. The van der Waals surface area contributed by atoms with E-state index in [1.807, 2.05) is 4.90 Å². The van der Waals surface area contributed by atoms with Crippen molar-refractivity contribution in [1.82, 2.24) is 14.7 Å². The number of likely N-dealkylation sites (tertiary alicyclic amines) is 1. The zero-order chi connectivity index (χ0) is 15.5. The molecule has 2 unspecified atom stereocenters. The SMILES string of the molecule is CC(=O)N1CCN(C2CN(Cc3ccccc3)CC2C)CC1. The smallest absolute Gasteiger partial charge is 0.219 e. The van der Waals surface area contributed by atoms with Gasteiger partial charge in [0.1, 0.15) is 0 Å². The minimum Gasteiger partial charge on any atom is -0.340 e. The molecule has 0 radical (unpaired) electrons. The van der Waals surface area contributed by atoms with Gasteiger partial charge in [-0.3, -0.25) is 14.6 Å². The highest BCUT2D eigenvalue weighted by Gasteiger charge is 2.35. The molecule has 1 aromatic carbocycles. The van der Waals surface area contributed by atoms with Crippen LogP contribution < -0.4 is 0 Å². The number of nitrogens with zero attached hydrogens (tertiary/aromatic N) is 3. The van der Waals surface area contributed by atoms with E-state index in [1.54, 1.807) is 6.92 Å². The van der Waals surface area contributed by atoms with Crippen molar-refractivity contribution in [2.45, 2.75) is 26.4 Å². The second-order valence-electron chi connectivity index (χ2n) is 6.77. The largest absolute Gasteiger partial charge is 0.340 e. The van der Waals surface area contributed by atoms with Crippen LogP contribution >= 0.6 is 0 Å². The highest BCUT2D eigenvalue weighted by Crippen LogP contribution is 2.24. The van der Waals surface area contributed by atoms with Gasteiger partial charge in [-0.2, -0.15) is 0 Å². The first-order chi connectivity index (χ1) is 10.6. The Balaban J connectivity index is 1.54. The van der Waals surface area contributed by atoms with E-state index in [1.165, 1.54) is 12.1 Å². The van der Waals surface area contributed by atoms with Crippen molar-refractivity contribution in [3.05, 3.63) is 35.9 Å². The van der Waals surface area contributed by atoms with Gasteiger partial charge >= 0.3 is 0 Å². The first kappa shape index (κ1) is 15.5. The lowest BCUT2D eigenvalue weighted by molar-refractivity contribution is -0.130. The van der Waals surface area contributed by atoms with Gasteiger partial charge in [-0.05, 0) is 11.5 Å². The molecule has 0 spiro atoms. The summed E-state index contributed by atoms with van der Waals surface area (Å²) in [5, 5.41) is 0. The second kappa shape index (κ2) is 6.80. The summed E-state index contributed by atoms with van der Waals surface area (Å²) in [5.41, 5.74) is 1.40. The first-order valence-electron chi connectivity index (χ1n) is 8.39. The molecule has 0 saturated carbocycles. The summed E-state index contributed by atoms with van der Waals surface area (Å²) < 4.78 is 0. The topological polar surface area (TPSA) is 26.8 Å². The standard InChI is InChI=1S/C18H27N3O/c1-15-12-19(13-17-6-4-3-5-7-17)14-18(15)21-10-8-20(9-11-21)16(2)22/h3-7,15,18H,8-14H2,1-2H3. The Labute approximate surface area is 133 Å². The van der Waals surface area contributed by atoms with Crippen LogP contribution in [0.2, 0.25) is 0 Å². The fraction of sp³-hybridized carbons (Fsp3) is 0.611. The molecule has 2 fully saturated rings. The quantitative estimate of drug-likeness (QED) is 0.850. The molecule has 0 bridgehead atoms. The van der Waals surface area contributed by atoms with Gasteiger partial charge < -0.3 is 4.90 Å². The highest BCUT2D eigenvalue weighted by atomic mass is 16.2. The maximum atomic E-state index is 11.4. The van der Waals surface area contributed by atoms with Crippen LogP contribution in [0.15, 0.2) is 30.3 Å². The van der Waals surface area contributed by atoms with E-state index in [-0.39, 0.29) is 5.91 Å². The number of rotatable bonds is 3. The van der Waals surface area contributed by atoms with Gasteiger partial charge in [0.15, 0.2) is 0 Å². The predicted octanol–water partition coefficient (Wildman–Crippen LogP) is 1.67. The van der Waals surface area contributed by atoms with E-state index in [2.05, 4.69) is 47.1 Å². The van der Waals surface area contributed by atoms with Crippen LogP contribution in [-0.4, -0.2) is 65.9 Å². The van der Waals surface area contributed by atoms with Gasteiger partial charge in [-0.1, -0.05) is 37.3 Å². The lowest BCUT2D eigenvalue weighted by Crippen LogP contribution is -2.53. The molecular weight excluding hydrogens is 274 g/mol. The minimum absolute atomic E-state index is 0.213. The predicted molar refractivity (Wildman–Crippen MR) is 88.5 cm³/mol. The van der Waals surface area contributed by atoms with Crippen LogP contribution in [0.3, 0.4) is 0 Å². The molecule has 2 atom stereocenters. The fourth-order valence-corrected chi connectivity index (χ4v) is 3.86. The number of carbonyl (C=O) groups is 1. The molecule has 4 nitrogen and oxygen atoms in total. The molecule has 2 aliphatic heterocycles. The molecule has 0 N–H and O–H groups in total. The van der Waals surface area contributed by atoms with Crippen molar-refractivity contribution < 1.29 is 4.79 Å². The van der Waals surface area contributed by atoms with E-state index < -0.39 is 0 Å². The summed E-state index contributed by atoms with van der Waals surface area (Å²) in [7, 11) is 0. The molecule has 22 heavy (non-hydrogen) atoms. The molecule has 1 aromatic rings. The van der Waals surface area contributed by atoms with Crippen molar-refractivity contribution in [1.29, 1.82) is 0 Å². The van der Waals surface area contributed by atoms with Crippen LogP contribution in [0, 0.1) is 5.92 Å². The number of amides is 1. The van der Waals surface area contributed by atoms with Crippen LogP contribution in [0.5, 0.6) is 0 Å². The summed E-state index contributed by atoms with van der Waals surface area (Å²) in [6, 6.07) is 11.4. The van der Waals surface area contributed by atoms with Crippen LogP contribution in [0.1, 0.15) is 19.4 Å². The highest BCUT2D eigenvalue weighted by molar-refractivity contribution is 5.73. The number of carbonyl (C=O) groups excluding carboxylic acids is 1.